The number of hydrogen-bond acceptors (Lipinski definition) is 6. The number of halogens is 1. The molecule has 1 unspecified atom stereocenters. The Balaban J connectivity index is 2.00. The standard InChI is InChI=1S/C12H20BrN3O3S2/c1-9(8-16-2-4-19-5-3-16)15-21(17,18)11-6-10(7-14)20-12(11)13/h6,9,15H,2-5,7-8,14H2,1H3. The maximum absolute atomic E-state index is 12.4. The number of nitrogens with one attached hydrogen (secondary N) is 1. The molecule has 3 N–H and O–H groups in total. The van der Waals surface area contributed by atoms with Gasteiger partial charge in [-0.05, 0) is 28.9 Å². The molecule has 0 radical (unpaired) electrons. The summed E-state index contributed by atoms with van der Waals surface area (Å²) in [5.74, 6) is 0. The van der Waals surface area contributed by atoms with Crippen molar-refractivity contribution < 1.29 is 13.2 Å². The quantitative estimate of drug-likeness (QED) is 0.746. The summed E-state index contributed by atoms with van der Waals surface area (Å²) in [7, 11) is -3.53. The first-order valence-corrected chi connectivity index (χ1v) is 9.82. The molecule has 120 valence electrons. The summed E-state index contributed by atoms with van der Waals surface area (Å²) < 4.78 is 33.4. The molecule has 2 rings (SSSR count). The van der Waals surface area contributed by atoms with E-state index in [2.05, 4.69) is 25.6 Å². The summed E-state index contributed by atoms with van der Waals surface area (Å²) in [5.41, 5.74) is 5.56. The molecule has 0 saturated carbocycles. The van der Waals surface area contributed by atoms with Crippen molar-refractivity contribution in [2.75, 3.05) is 32.8 Å². The molecule has 0 aromatic carbocycles. The van der Waals surface area contributed by atoms with Gasteiger partial charge in [-0.2, -0.15) is 0 Å². The van der Waals surface area contributed by atoms with E-state index in [-0.39, 0.29) is 10.9 Å². The zero-order chi connectivity index (χ0) is 15.5. The minimum atomic E-state index is -3.53. The maximum atomic E-state index is 12.4. The third-order valence-corrected chi connectivity index (χ3v) is 7.05. The Morgan fingerprint density at radius 1 is 1.52 bits per heavy atom. The lowest BCUT2D eigenvalue weighted by Gasteiger charge is -2.29. The number of ether oxygens (including phenoxy) is 1. The van der Waals surface area contributed by atoms with Gasteiger partial charge in [0.2, 0.25) is 10.0 Å². The molecule has 0 amide bonds. The predicted molar refractivity (Wildman–Crippen MR) is 87.0 cm³/mol. The summed E-state index contributed by atoms with van der Waals surface area (Å²) in [5, 5.41) is 0. The van der Waals surface area contributed by atoms with E-state index >= 15 is 0 Å². The summed E-state index contributed by atoms with van der Waals surface area (Å²) in [6.45, 7) is 5.97. The van der Waals surface area contributed by atoms with Gasteiger partial charge in [0.25, 0.3) is 0 Å². The van der Waals surface area contributed by atoms with Crippen molar-refractivity contribution in [2.24, 2.45) is 5.73 Å². The lowest BCUT2D eigenvalue weighted by atomic mass is 10.3. The predicted octanol–water partition coefficient (Wildman–Crippen LogP) is 0.968. The third kappa shape index (κ3) is 4.72. The van der Waals surface area contributed by atoms with E-state index in [4.69, 9.17) is 10.5 Å². The molecule has 1 aliphatic rings. The highest BCUT2D eigenvalue weighted by molar-refractivity contribution is 9.11. The SMILES string of the molecule is CC(CN1CCOCC1)NS(=O)(=O)c1cc(CN)sc1Br. The first kappa shape index (κ1) is 17.3. The van der Waals surface area contributed by atoms with Crippen LogP contribution in [0.5, 0.6) is 0 Å². The minimum Gasteiger partial charge on any atom is -0.379 e. The summed E-state index contributed by atoms with van der Waals surface area (Å²) in [4.78, 5) is 3.30. The number of nitrogens with zero attached hydrogens (tertiary/aromatic N) is 1. The molecule has 6 nitrogen and oxygen atoms in total. The molecule has 0 aliphatic carbocycles. The van der Waals surface area contributed by atoms with Crippen molar-refractivity contribution in [3.05, 3.63) is 14.7 Å². The van der Waals surface area contributed by atoms with E-state index in [1.54, 1.807) is 6.07 Å². The van der Waals surface area contributed by atoms with Gasteiger partial charge >= 0.3 is 0 Å². The first-order valence-electron chi connectivity index (χ1n) is 6.73. The average Bonchev–Trinajstić information content (AvgIpc) is 2.81. The molecular formula is C12H20BrN3O3S2. The largest absolute Gasteiger partial charge is 0.379 e. The van der Waals surface area contributed by atoms with E-state index in [1.807, 2.05) is 6.92 Å². The van der Waals surface area contributed by atoms with Gasteiger partial charge < -0.3 is 10.5 Å². The molecule has 1 atom stereocenters. The lowest BCUT2D eigenvalue weighted by Crippen LogP contribution is -2.45. The molecule has 1 aliphatic heterocycles. The molecule has 1 fully saturated rings. The zero-order valence-electron chi connectivity index (χ0n) is 11.8. The molecule has 9 heteroatoms. The Kier molecular flexibility index (Phi) is 6.18. The number of hydrogen-bond donors (Lipinski definition) is 2. The average molecular weight is 398 g/mol. The van der Waals surface area contributed by atoms with Crippen LogP contribution in [0.4, 0.5) is 0 Å². The van der Waals surface area contributed by atoms with Crippen molar-refractivity contribution >= 4 is 37.3 Å². The Bertz CT molecular complexity index is 570. The number of nitrogens with two attached hydrogens (primary N) is 1. The van der Waals surface area contributed by atoms with E-state index < -0.39 is 10.0 Å². The summed E-state index contributed by atoms with van der Waals surface area (Å²) in [6, 6.07) is 1.46. The van der Waals surface area contributed by atoms with Gasteiger partial charge in [-0.1, -0.05) is 0 Å². The van der Waals surface area contributed by atoms with Crippen LogP contribution >= 0.6 is 27.3 Å². The van der Waals surface area contributed by atoms with Gasteiger partial charge in [0, 0.05) is 37.1 Å². The normalized spacial score (nSPS) is 18.8. The van der Waals surface area contributed by atoms with Gasteiger partial charge in [0.1, 0.15) is 4.90 Å². The summed E-state index contributed by atoms with van der Waals surface area (Å²) >= 11 is 4.65. The van der Waals surface area contributed by atoms with Gasteiger partial charge in [-0.3, -0.25) is 4.90 Å². The Morgan fingerprint density at radius 3 is 2.76 bits per heavy atom. The van der Waals surface area contributed by atoms with Crippen LogP contribution in [-0.2, 0) is 21.3 Å². The van der Waals surface area contributed by atoms with Crippen LogP contribution in [0.15, 0.2) is 14.7 Å². The topological polar surface area (TPSA) is 84.7 Å². The van der Waals surface area contributed by atoms with Crippen molar-refractivity contribution in [2.45, 2.75) is 24.4 Å². The number of morpholine rings is 1. The summed E-state index contributed by atoms with van der Waals surface area (Å²) in [6.07, 6.45) is 0. The van der Waals surface area contributed by atoms with Crippen molar-refractivity contribution in [1.29, 1.82) is 0 Å². The molecule has 0 spiro atoms. The Hall–Kier alpha value is -0.0300. The zero-order valence-corrected chi connectivity index (χ0v) is 15.1. The fourth-order valence-corrected chi connectivity index (χ4v) is 6.01. The van der Waals surface area contributed by atoms with Gasteiger partial charge in [0.05, 0.1) is 17.0 Å². The monoisotopic (exact) mass is 397 g/mol. The van der Waals surface area contributed by atoms with Crippen molar-refractivity contribution in [3.63, 3.8) is 0 Å². The van der Waals surface area contributed by atoms with Crippen LogP contribution < -0.4 is 10.5 Å². The fraction of sp³-hybridized carbons (Fsp3) is 0.667. The first-order chi connectivity index (χ1) is 9.92. The molecule has 1 aromatic heterocycles. The van der Waals surface area contributed by atoms with E-state index in [9.17, 15) is 8.42 Å². The second kappa shape index (κ2) is 7.49. The molecule has 1 saturated heterocycles. The van der Waals surface area contributed by atoms with Crippen molar-refractivity contribution in [1.82, 2.24) is 9.62 Å². The molecule has 0 bridgehead atoms. The second-order valence-corrected chi connectivity index (χ2v) is 9.13. The lowest BCUT2D eigenvalue weighted by molar-refractivity contribution is 0.0354. The smallest absolute Gasteiger partial charge is 0.242 e. The van der Waals surface area contributed by atoms with Crippen LogP contribution in [0, 0.1) is 0 Å². The van der Waals surface area contributed by atoms with Crippen molar-refractivity contribution in [3.8, 4) is 0 Å². The molecular weight excluding hydrogens is 378 g/mol. The number of sulfonamides is 1. The Morgan fingerprint density at radius 2 is 2.19 bits per heavy atom. The highest BCUT2D eigenvalue weighted by Crippen LogP contribution is 2.31. The van der Waals surface area contributed by atoms with Gasteiger partial charge in [0.15, 0.2) is 0 Å². The highest BCUT2D eigenvalue weighted by atomic mass is 79.9. The van der Waals surface area contributed by atoms with Crippen LogP contribution in [0.25, 0.3) is 0 Å². The Labute approximate surface area is 137 Å². The van der Waals surface area contributed by atoms with Crippen LogP contribution in [0.2, 0.25) is 0 Å². The van der Waals surface area contributed by atoms with Crippen LogP contribution in [-0.4, -0.2) is 52.2 Å². The molecule has 1 aromatic rings. The third-order valence-electron chi connectivity index (χ3n) is 3.19. The maximum Gasteiger partial charge on any atom is 0.242 e. The highest BCUT2D eigenvalue weighted by Gasteiger charge is 2.24. The van der Waals surface area contributed by atoms with Crippen LogP contribution in [0.3, 0.4) is 0 Å². The molecule has 2 heterocycles. The van der Waals surface area contributed by atoms with E-state index in [0.29, 0.717) is 30.1 Å². The van der Waals surface area contributed by atoms with E-state index in [0.717, 1.165) is 18.0 Å². The van der Waals surface area contributed by atoms with Gasteiger partial charge in [-0.15, -0.1) is 11.3 Å². The van der Waals surface area contributed by atoms with Crippen LogP contribution in [0.1, 0.15) is 11.8 Å². The number of thiophene rings is 1. The molecule has 21 heavy (non-hydrogen) atoms. The second-order valence-electron chi connectivity index (χ2n) is 4.99. The minimum absolute atomic E-state index is 0.166. The van der Waals surface area contributed by atoms with Gasteiger partial charge in [-0.25, -0.2) is 13.1 Å². The fourth-order valence-electron chi connectivity index (χ4n) is 2.22. The number of rotatable bonds is 6. The van der Waals surface area contributed by atoms with E-state index in [1.165, 1.54) is 11.3 Å².